The third-order valence-corrected chi connectivity index (χ3v) is 4.29. The van der Waals surface area contributed by atoms with Gasteiger partial charge in [-0.05, 0) is 41.8 Å². The third-order valence-electron chi connectivity index (χ3n) is 4.06. The van der Waals surface area contributed by atoms with Crippen LogP contribution in [-0.2, 0) is 13.0 Å². The van der Waals surface area contributed by atoms with Crippen LogP contribution >= 0.6 is 11.6 Å². The Morgan fingerprint density at radius 1 is 1.00 bits per heavy atom. The van der Waals surface area contributed by atoms with Gasteiger partial charge in [0.1, 0.15) is 0 Å². The summed E-state index contributed by atoms with van der Waals surface area (Å²) in [6.45, 7) is 1.55. The van der Waals surface area contributed by atoms with Crippen LogP contribution in [0.5, 0.6) is 11.5 Å². The molecule has 0 spiro atoms. The number of hydrogen-bond donors (Lipinski definition) is 2. The van der Waals surface area contributed by atoms with Crippen LogP contribution < -0.4 is 20.1 Å². The molecule has 2 heterocycles. The van der Waals surface area contributed by atoms with Gasteiger partial charge in [0.2, 0.25) is 12.7 Å². The largest absolute Gasteiger partial charge is 0.454 e. The zero-order chi connectivity index (χ0) is 18.5. The van der Waals surface area contributed by atoms with Crippen molar-refractivity contribution in [1.82, 2.24) is 15.2 Å². The maximum atomic E-state index is 6.00. The fourth-order valence-electron chi connectivity index (χ4n) is 2.72. The SMILES string of the molecule is Clc1cccc(CCNc2cnnc(NCc3ccc4c(c3)OCO4)n2)c1. The lowest BCUT2D eigenvalue weighted by atomic mass is 10.1. The molecule has 1 aromatic heterocycles. The lowest BCUT2D eigenvalue weighted by molar-refractivity contribution is 0.174. The summed E-state index contributed by atoms with van der Waals surface area (Å²) in [5, 5.41) is 15.2. The number of rotatable bonds is 7. The molecule has 1 aliphatic rings. The van der Waals surface area contributed by atoms with Gasteiger partial charge in [-0.1, -0.05) is 29.8 Å². The van der Waals surface area contributed by atoms with Crippen LogP contribution in [-0.4, -0.2) is 28.5 Å². The molecule has 0 unspecified atom stereocenters. The number of nitrogens with one attached hydrogen (secondary N) is 2. The van der Waals surface area contributed by atoms with Gasteiger partial charge < -0.3 is 20.1 Å². The molecular formula is C19H18ClN5O2. The number of fused-ring (bicyclic) bond motifs is 1. The first-order chi connectivity index (χ1) is 13.3. The second-order valence-corrected chi connectivity index (χ2v) is 6.45. The molecule has 0 saturated carbocycles. The smallest absolute Gasteiger partial charge is 0.244 e. The number of anilines is 2. The van der Waals surface area contributed by atoms with E-state index in [9.17, 15) is 0 Å². The van der Waals surface area contributed by atoms with E-state index in [-0.39, 0.29) is 6.79 Å². The van der Waals surface area contributed by atoms with Crippen LogP contribution in [0.1, 0.15) is 11.1 Å². The minimum Gasteiger partial charge on any atom is -0.454 e. The lowest BCUT2D eigenvalue weighted by Crippen LogP contribution is -2.10. The number of hydrogen-bond acceptors (Lipinski definition) is 7. The predicted molar refractivity (Wildman–Crippen MR) is 103 cm³/mol. The second kappa shape index (κ2) is 8.09. The summed E-state index contributed by atoms with van der Waals surface area (Å²) in [5.74, 6) is 2.65. The second-order valence-electron chi connectivity index (χ2n) is 6.01. The van der Waals surface area contributed by atoms with Crippen LogP contribution in [0, 0.1) is 0 Å². The standard InChI is InChI=1S/C19H18ClN5O2/c20-15-3-1-2-13(8-15)6-7-21-18-11-23-25-19(24-18)22-10-14-4-5-16-17(9-14)27-12-26-16/h1-5,8-9,11H,6-7,10,12H2,(H2,21,22,24,25). The molecule has 0 aliphatic carbocycles. The third kappa shape index (κ3) is 4.57. The van der Waals surface area contributed by atoms with Crippen LogP contribution in [0.15, 0.2) is 48.7 Å². The highest BCUT2D eigenvalue weighted by molar-refractivity contribution is 6.30. The topological polar surface area (TPSA) is 81.2 Å². The summed E-state index contributed by atoms with van der Waals surface area (Å²) in [6, 6.07) is 13.6. The number of nitrogens with zero attached hydrogens (tertiary/aromatic N) is 3. The Bertz CT molecular complexity index is 937. The van der Waals surface area contributed by atoms with Crippen molar-refractivity contribution in [1.29, 1.82) is 0 Å². The van der Waals surface area contributed by atoms with Crippen LogP contribution in [0.3, 0.4) is 0 Å². The Labute approximate surface area is 161 Å². The fraction of sp³-hybridized carbons (Fsp3) is 0.211. The molecular weight excluding hydrogens is 366 g/mol. The molecule has 2 aromatic carbocycles. The van der Waals surface area contributed by atoms with Gasteiger partial charge in [-0.3, -0.25) is 0 Å². The van der Waals surface area contributed by atoms with Gasteiger partial charge in [-0.25, -0.2) is 0 Å². The van der Waals surface area contributed by atoms with Gasteiger partial charge in [0, 0.05) is 18.1 Å². The molecule has 3 aromatic rings. The van der Waals surface area contributed by atoms with E-state index >= 15 is 0 Å². The van der Waals surface area contributed by atoms with E-state index in [1.165, 1.54) is 0 Å². The van der Waals surface area contributed by atoms with Gasteiger partial charge in [-0.15, -0.1) is 5.10 Å². The van der Waals surface area contributed by atoms with E-state index in [4.69, 9.17) is 21.1 Å². The highest BCUT2D eigenvalue weighted by Crippen LogP contribution is 2.32. The van der Waals surface area contributed by atoms with Crippen molar-refractivity contribution in [3.05, 3.63) is 64.8 Å². The van der Waals surface area contributed by atoms with Crippen molar-refractivity contribution in [3.63, 3.8) is 0 Å². The minimum absolute atomic E-state index is 0.266. The summed E-state index contributed by atoms with van der Waals surface area (Å²) in [4.78, 5) is 4.43. The predicted octanol–water partition coefficient (Wildman–Crippen LogP) is 3.52. The van der Waals surface area contributed by atoms with Crippen LogP contribution in [0.25, 0.3) is 0 Å². The highest BCUT2D eigenvalue weighted by atomic mass is 35.5. The molecule has 0 atom stereocenters. The Kier molecular flexibility index (Phi) is 5.20. The molecule has 0 fully saturated rings. The molecule has 4 rings (SSSR count). The van der Waals surface area contributed by atoms with Crippen LogP contribution in [0.2, 0.25) is 5.02 Å². The van der Waals surface area contributed by atoms with Gasteiger partial charge in [0.15, 0.2) is 17.3 Å². The summed E-state index contributed by atoms with van der Waals surface area (Å²) in [5.41, 5.74) is 2.21. The Morgan fingerprint density at radius 3 is 2.85 bits per heavy atom. The first-order valence-corrected chi connectivity index (χ1v) is 8.94. The molecule has 27 heavy (non-hydrogen) atoms. The van der Waals surface area contributed by atoms with E-state index < -0.39 is 0 Å². The Hall–Kier alpha value is -3.06. The van der Waals surface area contributed by atoms with E-state index in [1.54, 1.807) is 6.20 Å². The molecule has 2 N–H and O–H groups in total. The van der Waals surface area contributed by atoms with Crippen molar-refractivity contribution in [2.75, 3.05) is 24.0 Å². The van der Waals surface area contributed by atoms with E-state index in [2.05, 4.69) is 25.8 Å². The summed E-state index contributed by atoms with van der Waals surface area (Å²) in [6.07, 6.45) is 2.44. The number of aromatic nitrogens is 3. The highest BCUT2D eigenvalue weighted by Gasteiger charge is 2.13. The van der Waals surface area contributed by atoms with Gasteiger partial charge in [-0.2, -0.15) is 10.1 Å². The summed E-state index contributed by atoms with van der Waals surface area (Å²) >= 11 is 6.00. The average Bonchev–Trinajstić information content (AvgIpc) is 3.15. The first-order valence-electron chi connectivity index (χ1n) is 8.57. The Morgan fingerprint density at radius 2 is 1.93 bits per heavy atom. The maximum Gasteiger partial charge on any atom is 0.244 e. The van der Waals surface area contributed by atoms with Gasteiger partial charge >= 0.3 is 0 Å². The van der Waals surface area contributed by atoms with Crippen molar-refractivity contribution in [2.45, 2.75) is 13.0 Å². The van der Waals surface area contributed by atoms with Gasteiger partial charge in [0.05, 0.1) is 6.20 Å². The van der Waals surface area contributed by atoms with Crippen molar-refractivity contribution < 1.29 is 9.47 Å². The normalized spacial score (nSPS) is 12.0. The average molecular weight is 384 g/mol. The monoisotopic (exact) mass is 383 g/mol. The first kappa shape index (κ1) is 17.4. The van der Waals surface area contributed by atoms with Crippen molar-refractivity contribution in [2.24, 2.45) is 0 Å². The molecule has 0 bridgehead atoms. The zero-order valence-electron chi connectivity index (χ0n) is 14.5. The number of ether oxygens (including phenoxy) is 2. The summed E-state index contributed by atoms with van der Waals surface area (Å²) < 4.78 is 10.7. The quantitative estimate of drug-likeness (QED) is 0.646. The number of benzene rings is 2. The molecule has 8 heteroatoms. The maximum absolute atomic E-state index is 6.00. The molecule has 1 aliphatic heterocycles. The zero-order valence-corrected chi connectivity index (χ0v) is 15.2. The lowest BCUT2D eigenvalue weighted by Gasteiger charge is -2.08. The molecule has 0 radical (unpaired) electrons. The fourth-order valence-corrected chi connectivity index (χ4v) is 2.94. The number of halogens is 1. The van der Waals surface area contributed by atoms with E-state index in [0.29, 0.717) is 18.3 Å². The molecule has 0 saturated heterocycles. The molecule has 7 nitrogen and oxygen atoms in total. The minimum atomic E-state index is 0.266. The summed E-state index contributed by atoms with van der Waals surface area (Å²) in [7, 11) is 0. The van der Waals surface area contributed by atoms with Crippen molar-refractivity contribution in [3.8, 4) is 11.5 Å². The van der Waals surface area contributed by atoms with E-state index in [1.807, 2.05) is 42.5 Å². The van der Waals surface area contributed by atoms with Crippen LogP contribution in [0.4, 0.5) is 11.8 Å². The van der Waals surface area contributed by atoms with Crippen molar-refractivity contribution >= 4 is 23.4 Å². The van der Waals surface area contributed by atoms with E-state index in [0.717, 1.165) is 40.6 Å². The molecule has 138 valence electrons. The van der Waals surface area contributed by atoms with Gasteiger partial charge in [0.25, 0.3) is 0 Å². The molecule has 0 amide bonds. The Balaban J connectivity index is 1.31.